The number of nitrogens with one attached hydrogen (secondary N) is 2. The van der Waals surface area contributed by atoms with Crippen molar-refractivity contribution >= 4 is 58.1 Å². The van der Waals surface area contributed by atoms with E-state index in [0.717, 1.165) is 30.4 Å². The molecule has 0 saturated carbocycles. The van der Waals surface area contributed by atoms with Gasteiger partial charge in [-0.25, -0.2) is 9.59 Å². The third-order valence-corrected chi connectivity index (χ3v) is 7.52. The standard InChI is InChI=1S/C30H29Cl2N3O5.C4H10O/c31-23-14-24(32)16-25(15-23)34-30(40)35(26-12-10-21(11-13-26)20-4-2-1-3-5-20)18-19-6-8-22(9-7-19)28(37)33-17-27(36)29(38)39;1-3-4(2)5/h4,6-16,27,36H,1-3,5,17-18H2,(H,33,37)(H,34,40)(H,38,39);4-5H,3H2,1-2H3. The Balaban J connectivity index is 0.00000102. The van der Waals surface area contributed by atoms with E-state index in [2.05, 4.69) is 16.7 Å². The molecule has 0 fully saturated rings. The van der Waals surface area contributed by atoms with Crippen LogP contribution in [0.3, 0.4) is 0 Å². The Labute approximate surface area is 273 Å². The van der Waals surface area contributed by atoms with Crippen molar-refractivity contribution in [2.24, 2.45) is 0 Å². The number of halogens is 2. The Bertz CT molecular complexity index is 1460. The first-order valence-electron chi connectivity index (χ1n) is 14.8. The highest BCUT2D eigenvalue weighted by Crippen LogP contribution is 2.29. The van der Waals surface area contributed by atoms with Gasteiger partial charge in [0.25, 0.3) is 5.91 Å². The second-order valence-electron chi connectivity index (χ2n) is 10.7. The number of nitrogens with zero attached hydrogens (tertiary/aromatic N) is 1. The van der Waals surface area contributed by atoms with E-state index >= 15 is 0 Å². The molecule has 0 radical (unpaired) electrons. The summed E-state index contributed by atoms with van der Waals surface area (Å²) in [6, 6.07) is 18.8. The summed E-state index contributed by atoms with van der Waals surface area (Å²) in [5, 5.41) is 32.5. The molecule has 4 rings (SSSR count). The van der Waals surface area contributed by atoms with E-state index in [0.29, 0.717) is 21.4 Å². The van der Waals surface area contributed by atoms with E-state index in [-0.39, 0.29) is 18.2 Å². The van der Waals surface area contributed by atoms with Crippen LogP contribution in [0.2, 0.25) is 10.0 Å². The average molecular weight is 657 g/mol. The Kier molecular flexibility index (Phi) is 13.9. The maximum absolute atomic E-state index is 13.5. The van der Waals surface area contributed by atoms with Gasteiger partial charge in [-0.05, 0) is 98.2 Å². The van der Waals surface area contributed by atoms with Crippen LogP contribution in [0, 0.1) is 0 Å². The first-order valence-corrected chi connectivity index (χ1v) is 15.5. The van der Waals surface area contributed by atoms with Crippen molar-refractivity contribution in [3.8, 4) is 0 Å². The Morgan fingerprint density at radius 1 is 0.933 bits per heavy atom. The number of rotatable bonds is 10. The van der Waals surface area contributed by atoms with Gasteiger partial charge in [0.1, 0.15) is 0 Å². The number of carbonyl (C=O) groups excluding carboxylic acids is 2. The number of urea groups is 1. The summed E-state index contributed by atoms with van der Waals surface area (Å²) in [5.41, 5.74) is 4.61. The molecule has 1 aliphatic rings. The first kappa shape index (κ1) is 35.6. The van der Waals surface area contributed by atoms with Crippen molar-refractivity contribution in [1.29, 1.82) is 0 Å². The van der Waals surface area contributed by atoms with Crippen molar-refractivity contribution in [2.75, 3.05) is 16.8 Å². The summed E-state index contributed by atoms with van der Waals surface area (Å²) in [4.78, 5) is 38.2. The molecule has 3 amide bonds. The molecule has 2 atom stereocenters. The lowest BCUT2D eigenvalue weighted by molar-refractivity contribution is -0.146. The molecule has 11 heteroatoms. The van der Waals surface area contributed by atoms with Gasteiger partial charge in [-0.2, -0.15) is 0 Å². The van der Waals surface area contributed by atoms with Gasteiger partial charge in [-0.15, -0.1) is 0 Å². The molecule has 3 aromatic carbocycles. The summed E-state index contributed by atoms with van der Waals surface area (Å²) < 4.78 is 0. The van der Waals surface area contributed by atoms with Gasteiger partial charge in [0, 0.05) is 27.0 Å². The van der Waals surface area contributed by atoms with Gasteiger partial charge < -0.3 is 26.0 Å². The number of aliphatic hydroxyl groups is 2. The number of hydrogen-bond donors (Lipinski definition) is 5. The molecule has 1 aliphatic carbocycles. The minimum Gasteiger partial charge on any atom is -0.479 e. The maximum Gasteiger partial charge on any atom is 0.334 e. The fraction of sp³-hybridized carbons (Fsp3) is 0.324. The Hall–Kier alpha value is -3.89. The van der Waals surface area contributed by atoms with Gasteiger partial charge in [0.05, 0.1) is 19.2 Å². The number of carboxylic acid groups (broad SMARTS) is 1. The lowest BCUT2D eigenvalue weighted by atomic mass is 9.93. The topological polar surface area (TPSA) is 139 Å². The molecule has 9 nitrogen and oxygen atoms in total. The average Bonchev–Trinajstić information content (AvgIpc) is 3.02. The molecule has 0 spiro atoms. The molecule has 0 aromatic heterocycles. The van der Waals surface area contributed by atoms with Crippen LogP contribution in [-0.4, -0.2) is 52.0 Å². The highest BCUT2D eigenvalue weighted by Gasteiger charge is 2.19. The first-order chi connectivity index (χ1) is 21.5. The monoisotopic (exact) mass is 655 g/mol. The fourth-order valence-corrected chi connectivity index (χ4v) is 4.90. The molecule has 45 heavy (non-hydrogen) atoms. The van der Waals surface area contributed by atoms with E-state index < -0.39 is 30.6 Å². The van der Waals surface area contributed by atoms with Gasteiger partial charge in [0.15, 0.2) is 6.10 Å². The van der Waals surface area contributed by atoms with Gasteiger partial charge in [-0.3, -0.25) is 9.69 Å². The SMILES string of the molecule is CCC(C)O.O=C(NCC(O)C(=O)O)c1ccc(CN(C(=O)Nc2cc(Cl)cc(Cl)c2)c2ccc(C3=CCCCC3)cc2)cc1. The van der Waals surface area contributed by atoms with Crippen molar-refractivity contribution < 1.29 is 29.7 Å². The third kappa shape index (κ3) is 11.5. The summed E-state index contributed by atoms with van der Waals surface area (Å²) in [7, 11) is 0. The van der Waals surface area contributed by atoms with Crippen LogP contribution >= 0.6 is 23.2 Å². The minimum atomic E-state index is -1.69. The predicted octanol–water partition coefficient (Wildman–Crippen LogP) is 7.14. The number of aliphatic hydroxyl groups excluding tert-OH is 2. The number of anilines is 2. The van der Waals surface area contributed by atoms with E-state index in [9.17, 15) is 19.5 Å². The molecule has 240 valence electrons. The Morgan fingerprint density at radius 3 is 2.09 bits per heavy atom. The van der Waals surface area contributed by atoms with Gasteiger partial charge in [0.2, 0.25) is 0 Å². The number of allylic oxidation sites excluding steroid dienone is 2. The number of hydrogen-bond acceptors (Lipinski definition) is 5. The molecule has 0 heterocycles. The zero-order valence-corrected chi connectivity index (χ0v) is 26.8. The lowest BCUT2D eigenvalue weighted by Gasteiger charge is -2.24. The number of benzene rings is 3. The second kappa shape index (κ2) is 17.6. The minimum absolute atomic E-state index is 0.116. The number of aliphatic carboxylic acids is 1. The zero-order valence-electron chi connectivity index (χ0n) is 25.3. The summed E-state index contributed by atoms with van der Waals surface area (Å²) in [6.45, 7) is 3.51. The maximum atomic E-state index is 13.5. The van der Waals surface area contributed by atoms with E-state index in [4.69, 9.17) is 33.4 Å². The molecular weight excluding hydrogens is 617 g/mol. The molecule has 0 saturated heterocycles. The van der Waals surface area contributed by atoms with Crippen molar-refractivity contribution in [2.45, 2.75) is 64.7 Å². The number of carbonyl (C=O) groups is 3. The lowest BCUT2D eigenvalue weighted by Crippen LogP contribution is -2.36. The molecular formula is C34H39Cl2N3O6. The molecule has 5 N–H and O–H groups in total. The smallest absolute Gasteiger partial charge is 0.334 e. The quantitative estimate of drug-likeness (QED) is 0.157. The van der Waals surface area contributed by atoms with Crippen LogP contribution in [0.4, 0.5) is 16.2 Å². The van der Waals surface area contributed by atoms with E-state index in [1.807, 2.05) is 31.2 Å². The van der Waals surface area contributed by atoms with E-state index in [1.165, 1.54) is 18.4 Å². The van der Waals surface area contributed by atoms with Crippen LogP contribution in [0.15, 0.2) is 72.8 Å². The van der Waals surface area contributed by atoms with Crippen LogP contribution in [0.5, 0.6) is 0 Å². The Morgan fingerprint density at radius 2 is 1.56 bits per heavy atom. The highest BCUT2D eigenvalue weighted by atomic mass is 35.5. The summed E-state index contributed by atoms with van der Waals surface area (Å²) in [5.74, 6) is -1.94. The van der Waals surface area contributed by atoms with Crippen LogP contribution in [0.25, 0.3) is 5.57 Å². The van der Waals surface area contributed by atoms with Crippen molar-refractivity contribution in [3.63, 3.8) is 0 Å². The van der Waals surface area contributed by atoms with Crippen LogP contribution in [-0.2, 0) is 11.3 Å². The van der Waals surface area contributed by atoms with Crippen LogP contribution < -0.4 is 15.5 Å². The second-order valence-corrected chi connectivity index (χ2v) is 11.6. The van der Waals surface area contributed by atoms with Crippen molar-refractivity contribution in [1.82, 2.24) is 5.32 Å². The molecule has 3 aromatic rings. The zero-order chi connectivity index (χ0) is 32.9. The van der Waals surface area contributed by atoms with Gasteiger partial charge >= 0.3 is 12.0 Å². The van der Waals surface area contributed by atoms with Crippen molar-refractivity contribution in [3.05, 3.63) is 99.5 Å². The number of amides is 3. The fourth-order valence-electron chi connectivity index (χ4n) is 4.38. The molecule has 2 unspecified atom stereocenters. The largest absolute Gasteiger partial charge is 0.479 e. The predicted molar refractivity (Wildman–Crippen MR) is 179 cm³/mol. The van der Waals surface area contributed by atoms with E-state index in [1.54, 1.807) is 54.3 Å². The normalized spacial score (nSPS) is 13.8. The van der Waals surface area contributed by atoms with Crippen LogP contribution in [0.1, 0.15) is 67.4 Å². The summed E-state index contributed by atoms with van der Waals surface area (Å²) >= 11 is 12.2. The number of carboxylic acids is 1. The molecule has 0 bridgehead atoms. The third-order valence-electron chi connectivity index (χ3n) is 7.09. The van der Waals surface area contributed by atoms with Gasteiger partial charge in [-0.1, -0.05) is 60.5 Å². The summed E-state index contributed by atoms with van der Waals surface area (Å²) in [6.07, 6.45) is 5.80. The highest BCUT2D eigenvalue weighted by molar-refractivity contribution is 6.35. The molecule has 0 aliphatic heterocycles.